The Bertz CT molecular complexity index is 343. The number of aromatic amines is 1. The van der Waals surface area contributed by atoms with Gasteiger partial charge in [-0.1, -0.05) is 13.2 Å². The minimum Gasteiger partial charge on any atom is -0.331 e. The molecule has 1 N–H and O–H groups in total. The Labute approximate surface area is 70.9 Å². The van der Waals surface area contributed by atoms with Crippen molar-refractivity contribution in [2.75, 3.05) is 0 Å². The molecule has 0 radical (unpaired) electrons. The molecule has 0 saturated heterocycles. The summed E-state index contributed by atoms with van der Waals surface area (Å²) < 4.78 is 2.55. The van der Waals surface area contributed by atoms with Gasteiger partial charge in [0.15, 0.2) is 4.77 Å². The van der Waals surface area contributed by atoms with Crippen molar-refractivity contribution >= 4 is 24.4 Å². The predicted octanol–water partition coefficient (Wildman–Crippen LogP) is 2.37. The fourth-order valence-electron chi connectivity index (χ4n) is 0.956. The van der Waals surface area contributed by atoms with Crippen LogP contribution in [0.4, 0.5) is 0 Å². The highest BCUT2D eigenvalue weighted by Gasteiger charge is 2.00. The standard InChI is InChI=1S/C8H10N2S/c1-4-6-7(5-2)10(3)8(11)9-6/h4-5H,1-2H2,3H3,(H,9,11). The van der Waals surface area contributed by atoms with Crippen molar-refractivity contribution < 1.29 is 0 Å². The number of H-pyrrole nitrogens is 1. The number of nitrogens with zero attached hydrogens (tertiary/aromatic N) is 1. The molecule has 0 amide bonds. The minimum absolute atomic E-state index is 0.690. The van der Waals surface area contributed by atoms with Crippen LogP contribution in [0.1, 0.15) is 11.4 Å². The van der Waals surface area contributed by atoms with Gasteiger partial charge in [0.2, 0.25) is 0 Å². The Hall–Kier alpha value is -1.09. The Kier molecular flexibility index (Phi) is 2.10. The minimum atomic E-state index is 0.690. The second-order valence-electron chi connectivity index (χ2n) is 2.20. The lowest BCUT2D eigenvalue weighted by Crippen LogP contribution is -1.89. The number of aromatic nitrogens is 2. The average molecular weight is 166 g/mol. The van der Waals surface area contributed by atoms with Gasteiger partial charge in [0.05, 0.1) is 11.4 Å². The van der Waals surface area contributed by atoms with Gasteiger partial charge in [-0.3, -0.25) is 0 Å². The number of hydrogen-bond acceptors (Lipinski definition) is 1. The van der Waals surface area contributed by atoms with Gasteiger partial charge >= 0.3 is 0 Å². The van der Waals surface area contributed by atoms with Gasteiger partial charge in [-0.2, -0.15) is 0 Å². The third-order valence-electron chi connectivity index (χ3n) is 1.58. The molecule has 1 heterocycles. The first-order chi connectivity index (χ1) is 5.20. The molecule has 1 aromatic heterocycles. The van der Waals surface area contributed by atoms with E-state index >= 15 is 0 Å². The molecule has 0 aliphatic carbocycles. The van der Waals surface area contributed by atoms with Gasteiger partial charge in [0, 0.05) is 7.05 Å². The van der Waals surface area contributed by atoms with E-state index in [2.05, 4.69) is 18.1 Å². The number of nitrogens with one attached hydrogen (secondary N) is 1. The van der Waals surface area contributed by atoms with Crippen LogP contribution in [-0.2, 0) is 7.05 Å². The molecule has 1 aromatic rings. The highest BCUT2D eigenvalue weighted by atomic mass is 32.1. The lowest BCUT2D eigenvalue weighted by molar-refractivity contribution is 0.884. The second-order valence-corrected chi connectivity index (χ2v) is 2.58. The highest BCUT2D eigenvalue weighted by Crippen LogP contribution is 2.09. The van der Waals surface area contributed by atoms with Crippen molar-refractivity contribution in [3.63, 3.8) is 0 Å². The third kappa shape index (κ3) is 1.19. The van der Waals surface area contributed by atoms with Crippen molar-refractivity contribution in [1.29, 1.82) is 0 Å². The van der Waals surface area contributed by atoms with Crippen LogP contribution < -0.4 is 0 Å². The van der Waals surface area contributed by atoms with Gasteiger partial charge in [-0.25, -0.2) is 0 Å². The SMILES string of the molecule is C=Cc1[nH]c(=S)n(C)c1C=C. The molecule has 0 aliphatic heterocycles. The molecular formula is C8H10N2S. The number of imidazole rings is 1. The first-order valence-corrected chi connectivity index (χ1v) is 3.65. The Balaban J connectivity index is 3.49. The van der Waals surface area contributed by atoms with E-state index in [1.165, 1.54) is 0 Å². The van der Waals surface area contributed by atoms with Gasteiger partial charge in [0.25, 0.3) is 0 Å². The van der Waals surface area contributed by atoms with E-state index in [9.17, 15) is 0 Å². The van der Waals surface area contributed by atoms with Crippen molar-refractivity contribution in [3.05, 3.63) is 29.3 Å². The van der Waals surface area contributed by atoms with Crippen molar-refractivity contribution in [2.45, 2.75) is 0 Å². The first kappa shape index (κ1) is 8.01. The summed E-state index contributed by atoms with van der Waals surface area (Å²) in [4.78, 5) is 3.00. The Morgan fingerprint density at radius 3 is 2.45 bits per heavy atom. The van der Waals surface area contributed by atoms with Crippen molar-refractivity contribution in [1.82, 2.24) is 9.55 Å². The smallest absolute Gasteiger partial charge is 0.177 e. The summed E-state index contributed by atoms with van der Waals surface area (Å²) in [6.45, 7) is 7.33. The van der Waals surface area contributed by atoms with Crippen LogP contribution in [0, 0.1) is 4.77 Å². The van der Waals surface area contributed by atoms with Crippen LogP contribution in [0.5, 0.6) is 0 Å². The number of rotatable bonds is 2. The summed E-state index contributed by atoms with van der Waals surface area (Å²) in [5.41, 5.74) is 1.90. The summed E-state index contributed by atoms with van der Waals surface area (Å²) in [5, 5.41) is 0. The quantitative estimate of drug-likeness (QED) is 0.669. The van der Waals surface area contributed by atoms with Crippen molar-refractivity contribution in [2.24, 2.45) is 7.05 Å². The van der Waals surface area contributed by atoms with Gasteiger partial charge in [-0.15, -0.1) is 0 Å². The molecule has 3 heteroatoms. The Morgan fingerprint density at radius 2 is 2.09 bits per heavy atom. The maximum Gasteiger partial charge on any atom is 0.177 e. The van der Waals surface area contributed by atoms with Crippen LogP contribution in [0.2, 0.25) is 0 Å². The van der Waals surface area contributed by atoms with Crippen molar-refractivity contribution in [3.8, 4) is 0 Å². The maximum absolute atomic E-state index is 5.01. The zero-order chi connectivity index (χ0) is 8.43. The summed E-state index contributed by atoms with van der Waals surface area (Å²) in [5.74, 6) is 0. The molecule has 0 saturated carbocycles. The maximum atomic E-state index is 5.01. The monoisotopic (exact) mass is 166 g/mol. The van der Waals surface area contributed by atoms with E-state index in [1.807, 2.05) is 11.6 Å². The molecule has 0 bridgehead atoms. The lowest BCUT2D eigenvalue weighted by Gasteiger charge is -1.94. The van der Waals surface area contributed by atoms with E-state index < -0.39 is 0 Å². The third-order valence-corrected chi connectivity index (χ3v) is 1.96. The van der Waals surface area contributed by atoms with Gasteiger partial charge in [0.1, 0.15) is 0 Å². The molecule has 11 heavy (non-hydrogen) atoms. The lowest BCUT2D eigenvalue weighted by atomic mass is 10.3. The normalized spacial score (nSPS) is 9.55. The van der Waals surface area contributed by atoms with Gasteiger partial charge < -0.3 is 9.55 Å². The first-order valence-electron chi connectivity index (χ1n) is 3.24. The van der Waals surface area contributed by atoms with Crippen LogP contribution in [0.25, 0.3) is 12.2 Å². The van der Waals surface area contributed by atoms with E-state index in [-0.39, 0.29) is 0 Å². The fourth-order valence-corrected chi connectivity index (χ4v) is 1.16. The molecule has 0 aromatic carbocycles. The molecule has 0 fully saturated rings. The van der Waals surface area contributed by atoms with E-state index in [4.69, 9.17) is 12.2 Å². The summed E-state index contributed by atoms with van der Waals surface area (Å²) in [6, 6.07) is 0. The molecule has 2 nitrogen and oxygen atoms in total. The average Bonchev–Trinajstić information content (AvgIpc) is 2.28. The number of hydrogen-bond donors (Lipinski definition) is 1. The van der Waals surface area contributed by atoms with Crippen LogP contribution in [-0.4, -0.2) is 9.55 Å². The second kappa shape index (κ2) is 2.88. The summed E-state index contributed by atoms with van der Waals surface area (Å²) in [7, 11) is 1.89. The Morgan fingerprint density at radius 1 is 1.45 bits per heavy atom. The molecule has 0 unspecified atom stereocenters. The predicted molar refractivity (Wildman–Crippen MR) is 50.8 cm³/mol. The molecule has 1 rings (SSSR count). The summed E-state index contributed by atoms with van der Waals surface area (Å²) >= 11 is 5.01. The zero-order valence-corrected chi connectivity index (χ0v) is 7.24. The van der Waals surface area contributed by atoms with Crippen LogP contribution in [0.3, 0.4) is 0 Å². The molecule has 58 valence electrons. The van der Waals surface area contributed by atoms with Crippen LogP contribution >= 0.6 is 12.2 Å². The topological polar surface area (TPSA) is 20.7 Å². The largest absolute Gasteiger partial charge is 0.331 e. The fraction of sp³-hybridized carbons (Fsp3) is 0.125. The van der Waals surface area contributed by atoms with Crippen LogP contribution in [0.15, 0.2) is 13.2 Å². The highest BCUT2D eigenvalue weighted by molar-refractivity contribution is 7.71. The molecule has 0 atom stereocenters. The zero-order valence-electron chi connectivity index (χ0n) is 6.42. The van der Waals surface area contributed by atoms with E-state index in [0.717, 1.165) is 11.4 Å². The molecule has 0 aliphatic rings. The van der Waals surface area contributed by atoms with Gasteiger partial charge in [-0.05, 0) is 24.4 Å². The summed E-state index contributed by atoms with van der Waals surface area (Å²) in [6.07, 6.45) is 3.48. The van der Waals surface area contributed by atoms with E-state index in [1.54, 1.807) is 12.2 Å². The molecule has 0 spiro atoms. The van der Waals surface area contributed by atoms with E-state index in [0.29, 0.717) is 4.77 Å². The molecular weight excluding hydrogens is 156 g/mol.